The van der Waals surface area contributed by atoms with Crippen molar-refractivity contribution in [1.29, 1.82) is 0 Å². The molecule has 0 aliphatic carbocycles. The van der Waals surface area contributed by atoms with Gasteiger partial charge in [-0.2, -0.15) is 0 Å². The molecule has 2 N–H and O–H groups in total. The highest BCUT2D eigenvalue weighted by Crippen LogP contribution is 2.22. The predicted molar refractivity (Wildman–Crippen MR) is 97.7 cm³/mol. The van der Waals surface area contributed by atoms with Gasteiger partial charge in [0.05, 0.1) is 0 Å². The third kappa shape index (κ3) is 16.1. The molecule has 2 atom stereocenters. The second kappa shape index (κ2) is 16.3. The molecule has 3 nitrogen and oxygen atoms in total. The van der Waals surface area contributed by atoms with E-state index < -0.39 is 5.97 Å². The SMILES string of the molecule is CCCCCCC(C)CCC(CO)CCCCCCCC(=O)O. The first-order chi connectivity index (χ1) is 11.1. The molecule has 2 unspecified atom stereocenters. The Morgan fingerprint density at radius 2 is 1.43 bits per heavy atom. The van der Waals surface area contributed by atoms with Crippen molar-refractivity contribution >= 4 is 5.97 Å². The Kier molecular flexibility index (Phi) is 15.9. The summed E-state index contributed by atoms with van der Waals surface area (Å²) in [6.45, 7) is 4.92. The van der Waals surface area contributed by atoms with Crippen molar-refractivity contribution in [3.8, 4) is 0 Å². The van der Waals surface area contributed by atoms with Gasteiger partial charge >= 0.3 is 5.97 Å². The summed E-state index contributed by atoms with van der Waals surface area (Å²) in [4.78, 5) is 10.4. The topological polar surface area (TPSA) is 57.5 Å². The Balaban J connectivity index is 3.52. The molecule has 3 heteroatoms. The van der Waals surface area contributed by atoms with Gasteiger partial charge in [-0.25, -0.2) is 0 Å². The fraction of sp³-hybridized carbons (Fsp3) is 0.950. The molecule has 0 spiro atoms. The van der Waals surface area contributed by atoms with E-state index in [1.807, 2.05) is 0 Å². The van der Waals surface area contributed by atoms with E-state index in [-0.39, 0.29) is 0 Å². The molecule has 0 saturated heterocycles. The Labute approximate surface area is 143 Å². The minimum atomic E-state index is -0.686. The van der Waals surface area contributed by atoms with Crippen molar-refractivity contribution < 1.29 is 15.0 Å². The van der Waals surface area contributed by atoms with Gasteiger partial charge in [0.1, 0.15) is 0 Å². The number of aliphatic carboxylic acids is 1. The minimum absolute atomic E-state index is 0.301. The summed E-state index contributed by atoms with van der Waals surface area (Å²) < 4.78 is 0. The van der Waals surface area contributed by atoms with Crippen LogP contribution in [-0.2, 0) is 4.79 Å². The van der Waals surface area contributed by atoms with E-state index in [0.717, 1.165) is 38.0 Å². The zero-order chi connectivity index (χ0) is 17.3. The molecule has 0 heterocycles. The van der Waals surface area contributed by atoms with E-state index in [2.05, 4.69) is 13.8 Å². The van der Waals surface area contributed by atoms with Gasteiger partial charge in [0, 0.05) is 13.0 Å². The quantitative estimate of drug-likeness (QED) is 0.332. The zero-order valence-corrected chi connectivity index (χ0v) is 15.6. The van der Waals surface area contributed by atoms with Crippen molar-refractivity contribution in [1.82, 2.24) is 0 Å². The lowest BCUT2D eigenvalue weighted by molar-refractivity contribution is -0.137. The lowest BCUT2D eigenvalue weighted by Crippen LogP contribution is -2.08. The number of hydrogen-bond acceptors (Lipinski definition) is 2. The maximum absolute atomic E-state index is 10.4. The molecule has 0 aliphatic heterocycles. The van der Waals surface area contributed by atoms with Gasteiger partial charge in [0.2, 0.25) is 0 Å². The lowest BCUT2D eigenvalue weighted by atomic mass is 9.90. The number of carboxylic acids is 1. The summed E-state index contributed by atoms with van der Waals surface area (Å²) in [6.07, 6.45) is 15.8. The summed E-state index contributed by atoms with van der Waals surface area (Å²) in [5, 5.41) is 18.1. The first kappa shape index (κ1) is 22.4. The largest absolute Gasteiger partial charge is 0.481 e. The van der Waals surface area contributed by atoms with Gasteiger partial charge < -0.3 is 10.2 Å². The average molecular weight is 329 g/mol. The summed E-state index contributed by atoms with van der Waals surface area (Å²) in [7, 11) is 0. The van der Waals surface area contributed by atoms with Gasteiger partial charge in [-0.1, -0.05) is 78.1 Å². The second-order valence-electron chi connectivity index (χ2n) is 7.28. The fourth-order valence-electron chi connectivity index (χ4n) is 3.15. The van der Waals surface area contributed by atoms with Crippen LogP contribution in [0.15, 0.2) is 0 Å². The highest BCUT2D eigenvalue weighted by atomic mass is 16.4. The Hall–Kier alpha value is -0.570. The normalized spacial score (nSPS) is 13.9. The molecular formula is C20H40O3. The van der Waals surface area contributed by atoms with E-state index >= 15 is 0 Å². The summed E-state index contributed by atoms with van der Waals surface area (Å²) in [6, 6.07) is 0. The van der Waals surface area contributed by atoms with Crippen LogP contribution in [-0.4, -0.2) is 22.8 Å². The van der Waals surface area contributed by atoms with Crippen LogP contribution in [0.1, 0.15) is 104 Å². The third-order valence-electron chi connectivity index (χ3n) is 4.88. The maximum atomic E-state index is 10.4. The number of carboxylic acid groups (broad SMARTS) is 1. The standard InChI is InChI=1S/C20H40O3/c1-3-4-5-9-12-18(2)15-16-19(17-21)13-10-7-6-8-11-14-20(22)23/h18-19,21H,3-17H2,1-2H3,(H,22,23). The van der Waals surface area contributed by atoms with E-state index in [1.165, 1.54) is 51.4 Å². The molecular weight excluding hydrogens is 288 g/mol. The predicted octanol–water partition coefficient (Wildman–Crippen LogP) is 5.80. The fourth-order valence-corrected chi connectivity index (χ4v) is 3.15. The van der Waals surface area contributed by atoms with Gasteiger partial charge in [0.25, 0.3) is 0 Å². The van der Waals surface area contributed by atoms with Gasteiger partial charge in [-0.3, -0.25) is 4.79 Å². The highest BCUT2D eigenvalue weighted by molar-refractivity contribution is 5.66. The molecule has 0 aromatic carbocycles. The molecule has 0 amide bonds. The van der Waals surface area contributed by atoms with E-state index in [1.54, 1.807) is 0 Å². The number of carbonyl (C=O) groups is 1. The van der Waals surface area contributed by atoms with Crippen LogP contribution >= 0.6 is 0 Å². The first-order valence-electron chi connectivity index (χ1n) is 9.92. The molecule has 0 saturated carbocycles. The van der Waals surface area contributed by atoms with Crippen LogP contribution < -0.4 is 0 Å². The van der Waals surface area contributed by atoms with Gasteiger partial charge in [0.15, 0.2) is 0 Å². The van der Waals surface area contributed by atoms with E-state index in [9.17, 15) is 9.90 Å². The number of rotatable bonds is 17. The molecule has 0 aromatic rings. The molecule has 23 heavy (non-hydrogen) atoms. The number of hydrogen-bond donors (Lipinski definition) is 2. The van der Waals surface area contributed by atoms with Crippen LogP contribution in [0.5, 0.6) is 0 Å². The van der Waals surface area contributed by atoms with Crippen LogP contribution in [0.3, 0.4) is 0 Å². The number of aliphatic hydroxyl groups excluding tert-OH is 1. The van der Waals surface area contributed by atoms with E-state index in [0.29, 0.717) is 18.9 Å². The monoisotopic (exact) mass is 328 g/mol. The minimum Gasteiger partial charge on any atom is -0.481 e. The lowest BCUT2D eigenvalue weighted by Gasteiger charge is -2.17. The van der Waals surface area contributed by atoms with Crippen LogP contribution in [0, 0.1) is 11.8 Å². The van der Waals surface area contributed by atoms with Crippen molar-refractivity contribution in [3.63, 3.8) is 0 Å². The zero-order valence-electron chi connectivity index (χ0n) is 15.6. The smallest absolute Gasteiger partial charge is 0.303 e. The van der Waals surface area contributed by atoms with Crippen molar-refractivity contribution in [3.05, 3.63) is 0 Å². The Morgan fingerprint density at radius 1 is 0.826 bits per heavy atom. The Morgan fingerprint density at radius 3 is 2.09 bits per heavy atom. The first-order valence-corrected chi connectivity index (χ1v) is 9.92. The summed E-state index contributed by atoms with van der Waals surface area (Å²) in [5.41, 5.74) is 0. The Bertz CT molecular complexity index is 266. The summed E-state index contributed by atoms with van der Waals surface area (Å²) in [5.74, 6) is 0.568. The van der Waals surface area contributed by atoms with Crippen LogP contribution in [0.2, 0.25) is 0 Å². The molecule has 0 aromatic heterocycles. The number of unbranched alkanes of at least 4 members (excludes halogenated alkanes) is 7. The average Bonchev–Trinajstić information content (AvgIpc) is 2.53. The van der Waals surface area contributed by atoms with Crippen molar-refractivity contribution in [2.24, 2.45) is 11.8 Å². The van der Waals surface area contributed by atoms with Crippen LogP contribution in [0.25, 0.3) is 0 Å². The number of aliphatic hydroxyl groups is 1. The van der Waals surface area contributed by atoms with Crippen molar-refractivity contribution in [2.75, 3.05) is 6.61 Å². The molecule has 0 aliphatic rings. The van der Waals surface area contributed by atoms with E-state index in [4.69, 9.17) is 5.11 Å². The highest BCUT2D eigenvalue weighted by Gasteiger charge is 2.10. The molecule has 138 valence electrons. The van der Waals surface area contributed by atoms with Gasteiger partial charge in [-0.15, -0.1) is 0 Å². The molecule has 0 bridgehead atoms. The molecule has 0 fully saturated rings. The van der Waals surface area contributed by atoms with Gasteiger partial charge in [-0.05, 0) is 31.1 Å². The second-order valence-corrected chi connectivity index (χ2v) is 7.28. The molecule has 0 rings (SSSR count). The third-order valence-corrected chi connectivity index (χ3v) is 4.88. The summed E-state index contributed by atoms with van der Waals surface area (Å²) >= 11 is 0. The van der Waals surface area contributed by atoms with Crippen molar-refractivity contribution in [2.45, 2.75) is 104 Å². The van der Waals surface area contributed by atoms with Crippen LogP contribution in [0.4, 0.5) is 0 Å². The maximum Gasteiger partial charge on any atom is 0.303 e. The molecule has 0 radical (unpaired) electrons.